The van der Waals surface area contributed by atoms with Crippen LogP contribution in [0.3, 0.4) is 0 Å². The van der Waals surface area contributed by atoms with E-state index in [1.165, 1.54) is 11.3 Å². The fourth-order valence-corrected chi connectivity index (χ4v) is 3.52. The number of hydrogen-bond donors (Lipinski definition) is 1. The van der Waals surface area contributed by atoms with E-state index in [0.717, 1.165) is 37.2 Å². The second kappa shape index (κ2) is 7.18. The highest BCUT2D eigenvalue weighted by Crippen LogP contribution is 2.27. The highest BCUT2D eigenvalue weighted by atomic mass is 16.2. The molecule has 1 aromatic carbocycles. The Bertz CT molecular complexity index is 714. The van der Waals surface area contributed by atoms with Crippen molar-refractivity contribution in [3.05, 3.63) is 47.3 Å². The average Bonchev–Trinajstić information content (AvgIpc) is 2.97. The zero-order chi connectivity index (χ0) is 17.1. The van der Waals surface area contributed by atoms with Gasteiger partial charge >= 0.3 is 0 Å². The number of piperidine rings is 1. The highest BCUT2D eigenvalue weighted by Gasteiger charge is 2.23. The summed E-state index contributed by atoms with van der Waals surface area (Å²) in [6.45, 7) is 6.46. The Morgan fingerprint density at radius 2 is 2.00 bits per heavy atom. The van der Waals surface area contributed by atoms with Crippen LogP contribution in [0.25, 0.3) is 0 Å². The van der Waals surface area contributed by atoms with Crippen LogP contribution < -0.4 is 5.32 Å². The van der Waals surface area contributed by atoms with Gasteiger partial charge in [0.15, 0.2) is 0 Å². The highest BCUT2D eigenvalue weighted by molar-refractivity contribution is 5.93. The summed E-state index contributed by atoms with van der Waals surface area (Å²) in [4.78, 5) is 14.6. The van der Waals surface area contributed by atoms with Crippen LogP contribution in [0.5, 0.6) is 0 Å². The topological polar surface area (TPSA) is 50.2 Å². The molecule has 1 amide bonds. The van der Waals surface area contributed by atoms with Gasteiger partial charge in [-0.1, -0.05) is 17.7 Å². The third-order valence-corrected chi connectivity index (χ3v) is 4.89. The van der Waals surface area contributed by atoms with E-state index in [4.69, 9.17) is 0 Å². The monoisotopic (exact) mass is 326 g/mol. The summed E-state index contributed by atoms with van der Waals surface area (Å²) in [6, 6.07) is 8.21. The van der Waals surface area contributed by atoms with Crippen molar-refractivity contribution < 1.29 is 4.79 Å². The van der Waals surface area contributed by atoms with Crippen molar-refractivity contribution in [2.24, 2.45) is 7.05 Å². The number of amides is 1. The lowest BCUT2D eigenvalue weighted by Gasteiger charge is -2.31. The molecule has 1 aromatic heterocycles. The van der Waals surface area contributed by atoms with Crippen LogP contribution in [0.1, 0.15) is 35.6 Å². The molecule has 0 unspecified atom stereocenters. The molecule has 0 saturated carbocycles. The molecule has 0 bridgehead atoms. The van der Waals surface area contributed by atoms with Gasteiger partial charge < -0.3 is 5.32 Å². The van der Waals surface area contributed by atoms with Crippen molar-refractivity contribution >= 4 is 11.6 Å². The minimum atomic E-state index is 0.0703. The van der Waals surface area contributed by atoms with Gasteiger partial charge in [-0.2, -0.15) is 5.10 Å². The molecule has 1 N–H and O–H groups in total. The molecule has 1 saturated heterocycles. The van der Waals surface area contributed by atoms with Crippen molar-refractivity contribution in [3.8, 4) is 0 Å². The molecule has 0 radical (unpaired) electrons. The molecule has 2 heterocycles. The zero-order valence-corrected chi connectivity index (χ0v) is 14.7. The number of nitrogens with zero attached hydrogens (tertiary/aromatic N) is 3. The van der Waals surface area contributed by atoms with Crippen LogP contribution in [0, 0.1) is 13.8 Å². The number of benzene rings is 1. The smallest absolute Gasteiger partial charge is 0.238 e. The van der Waals surface area contributed by atoms with Crippen molar-refractivity contribution in [2.45, 2.75) is 32.6 Å². The van der Waals surface area contributed by atoms with E-state index in [1.54, 1.807) is 0 Å². The molecule has 0 atom stereocenters. The van der Waals surface area contributed by atoms with E-state index in [-0.39, 0.29) is 5.91 Å². The normalized spacial score (nSPS) is 16.3. The number of aromatic nitrogens is 2. The van der Waals surface area contributed by atoms with Crippen LogP contribution in [-0.4, -0.2) is 40.2 Å². The molecule has 24 heavy (non-hydrogen) atoms. The number of nitrogens with one attached hydrogen (secondary N) is 1. The number of anilines is 1. The maximum Gasteiger partial charge on any atom is 0.238 e. The molecule has 128 valence electrons. The lowest BCUT2D eigenvalue weighted by atomic mass is 9.93. The van der Waals surface area contributed by atoms with E-state index in [0.29, 0.717) is 12.5 Å². The lowest BCUT2D eigenvalue weighted by Crippen LogP contribution is -2.39. The first-order valence-corrected chi connectivity index (χ1v) is 8.60. The van der Waals surface area contributed by atoms with E-state index in [9.17, 15) is 4.79 Å². The first-order chi connectivity index (χ1) is 11.5. The summed E-state index contributed by atoms with van der Waals surface area (Å²) in [7, 11) is 2.00. The minimum absolute atomic E-state index is 0.0703. The van der Waals surface area contributed by atoms with Crippen molar-refractivity contribution in [1.82, 2.24) is 14.7 Å². The van der Waals surface area contributed by atoms with Crippen molar-refractivity contribution in [3.63, 3.8) is 0 Å². The number of hydrogen-bond acceptors (Lipinski definition) is 3. The molecule has 2 aromatic rings. The lowest BCUT2D eigenvalue weighted by molar-refractivity contribution is -0.117. The van der Waals surface area contributed by atoms with Gasteiger partial charge in [0.05, 0.1) is 6.54 Å². The Hall–Kier alpha value is -2.14. The SMILES string of the molecule is Cc1ccc(NC(=O)CN2CCC(c3ccnn3C)CC2)c(C)c1. The van der Waals surface area contributed by atoms with Gasteiger partial charge in [0, 0.05) is 30.5 Å². The van der Waals surface area contributed by atoms with Gasteiger partial charge in [-0.15, -0.1) is 0 Å². The molecule has 1 aliphatic rings. The third kappa shape index (κ3) is 3.85. The molecule has 3 rings (SSSR count). The fraction of sp³-hybridized carbons (Fsp3) is 0.474. The third-order valence-electron chi connectivity index (χ3n) is 4.89. The predicted octanol–water partition coefficient (Wildman–Crippen LogP) is 2.86. The molecular formula is C19H26N4O. The molecular weight excluding hydrogens is 300 g/mol. The van der Waals surface area contributed by atoms with Crippen molar-refractivity contribution in [1.29, 1.82) is 0 Å². The Morgan fingerprint density at radius 1 is 1.25 bits per heavy atom. The maximum atomic E-state index is 12.3. The molecule has 0 spiro atoms. The van der Waals surface area contributed by atoms with Crippen LogP contribution in [0.2, 0.25) is 0 Å². The van der Waals surface area contributed by atoms with Gasteiger partial charge in [-0.3, -0.25) is 14.4 Å². The second-order valence-electron chi connectivity index (χ2n) is 6.80. The molecule has 1 aliphatic heterocycles. The van der Waals surface area contributed by atoms with E-state index in [2.05, 4.69) is 34.4 Å². The van der Waals surface area contributed by atoms with Crippen molar-refractivity contribution in [2.75, 3.05) is 25.0 Å². The number of carbonyl (C=O) groups is 1. The van der Waals surface area contributed by atoms with Gasteiger partial charge in [0.2, 0.25) is 5.91 Å². The largest absolute Gasteiger partial charge is 0.325 e. The molecule has 0 aliphatic carbocycles. The van der Waals surface area contributed by atoms with E-state index in [1.807, 2.05) is 37.0 Å². The predicted molar refractivity (Wildman–Crippen MR) is 96.2 cm³/mol. The zero-order valence-electron chi connectivity index (χ0n) is 14.7. The van der Waals surface area contributed by atoms with E-state index >= 15 is 0 Å². The molecule has 5 heteroatoms. The summed E-state index contributed by atoms with van der Waals surface area (Å²) in [5.41, 5.74) is 4.53. The Kier molecular flexibility index (Phi) is 5.00. The van der Waals surface area contributed by atoms with E-state index < -0.39 is 0 Å². The summed E-state index contributed by atoms with van der Waals surface area (Å²) in [6.07, 6.45) is 4.02. The number of carbonyl (C=O) groups excluding carboxylic acids is 1. The van der Waals surface area contributed by atoms with Crippen LogP contribution >= 0.6 is 0 Å². The Balaban J connectivity index is 1.50. The average molecular weight is 326 g/mol. The standard InChI is InChI=1S/C19H26N4O/c1-14-4-5-17(15(2)12-14)21-19(24)13-23-10-7-16(8-11-23)18-6-9-20-22(18)3/h4-6,9,12,16H,7-8,10-11,13H2,1-3H3,(H,21,24). The summed E-state index contributed by atoms with van der Waals surface area (Å²) in [5, 5.41) is 7.30. The fourth-order valence-electron chi connectivity index (χ4n) is 3.52. The first kappa shape index (κ1) is 16.7. The number of rotatable bonds is 4. The van der Waals surface area contributed by atoms with Crippen LogP contribution in [0.15, 0.2) is 30.5 Å². The van der Waals surface area contributed by atoms with Gasteiger partial charge in [0.1, 0.15) is 0 Å². The minimum Gasteiger partial charge on any atom is -0.325 e. The number of aryl methyl sites for hydroxylation is 3. The second-order valence-corrected chi connectivity index (χ2v) is 6.80. The van der Waals surface area contributed by atoms with Gasteiger partial charge in [-0.25, -0.2) is 0 Å². The first-order valence-electron chi connectivity index (χ1n) is 8.60. The van der Waals surface area contributed by atoms with Gasteiger partial charge in [0.25, 0.3) is 0 Å². The quantitative estimate of drug-likeness (QED) is 0.940. The summed E-state index contributed by atoms with van der Waals surface area (Å²) < 4.78 is 1.97. The summed E-state index contributed by atoms with van der Waals surface area (Å²) >= 11 is 0. The number of likely N-dealkylation sites (tertiary alicyclic amines) is 1. The van der Waals surface area contributed by atoms with Crippen LogP contribution in [-0.2, 0) is 11.8 Å². The summed E-state index contributed by atoms with van der Waals surface area (Å²) in [5.74, 6) is 0.622. The van der Waals surface area contributed by atoms with Crippen LogP contribution in [0.4, 0.5) is 5.69 Å². The Labute approximate surface area is 143 Å². The molecule has 5 nitrogen and oxygen atoms in total. The Morgan fingerprint density at radius 3 is 2.62 bits per heavy atom. The maximum absolute atomic E-state index is 12.3. The molecule has 1 fully saturated rings. The van der Waals surface area contributed by atoms with Gasteiger partial charge in [-0.05, 0) is 57.5 Å².